The first-order valence-electron chi connectivity index (χ1n) is 9.01. The molecule has 0 saturated heterocycles. The fourth-order valence-electron chi connectivity index (χ4n) is 2.83. The van der Waals surface area contributed by atoms with Gasteiger partial charge in [0.15, 0.2) is 0 Å². The second-order valence-electron chi connectivity index (χ2n) is 6.95. The van der Waals surface area contributed by atoms with Gasteiger partial charge in [-0.1, -0.05) is 7.43 Å². The molecule has 1 heterocycles. The molecule has 0 bridgehead atoms. The van der Waals surface area contributed by atoms with E-state index in [0.29, 0.717) is 16.7 Å². The van der Waals surface area contributed by atoms with Crippen LogP contribution >= 0.6 is 0 Å². The molecule has 2 aromatic carbocycles. The molecule has 3 rings (SSSR count). The number of H-pyrrole nitrogens is 1. The second kappa shape index (κ2) is 10.7. The summed E-state index contributed by atoms with van der Waals surface area (Å²) in [6.45, 7) is 3.29. The fourth-order valence-corrected chi connectivity index (χ4v) is 2.83. The van der Waals surface area contributed by atoms with E-state index < -0.39 is 9.85 Å². The molecule has 11 nitrogen and oxygen atoms in total. The van der Waals surface area contributed by atoms with Gasteiger partial charge in [-0.05, 0) is 44.3 Å². The summed E-state index contributed by atoms with van der Waals surface area (Å²) in [5.74, 6) is 0. The predicted octanol–water partition coefficient (Wildman–Crippen LogP) is 5.36. The van der Waals surface area contributed by atoms with Crippen LogP contribution in [0.3, 0.4) is 0 Å². The average Bonchev–Trinajstić information content (AvgIpc) is 3.12. The highest BCUT2D eigenvalue weighted by atomic mass is 16.6. The number of hydrogen-bond donors (Lipinski definition) is 1. The number of rotatable bonds is 5. The molecule has 1 N–H and O–H groups in total. The predicted molar refractivity (Wildman–Crippen MR) is 124 cm³/mol. The van der Waals surface area contributed by atoms with E-state index in [4.69, 9.17) is 0 Å². The van der Waals surface area contributed by atoms with Gasteiger partial charge < -0.3 is 9.88 Å². The lowest BCUT2D eigenvalue weighted by Crippen LogP contribution is -2.01. The number of nitrogens with zero attached hydrogens (tertiary/aromatic N) is 4. The summed E-state index contributed by atoms with van der Waals surface area (Å²) in [5.41, 5.74) is 1.87. The molecule has 3 aromatic rings. The van der Waals surface area contributed by atoms with Gasteiger partial charge in [-0.15, -0.1) is 0 Å². The number of aromatic nitrogens is 1. The highest BCUT2D eigenvalue weighted by Crippen LogP contribution is 2.29. The Morgan fingerprint density at radius 2 is 1.38 bits per heavy atom. The van der Waals surface area contributed by atoms with Crippen molar-refractivity contribution in [1.82, 2.24) is 9.88 Å². The van der Waals surface area contributed by atoms with Crippen LogP contribution in [0.4, 0.5) is 17.1 Å². The Kier molecular flexibility index (Phi) is 8.58. The quantitative estimate of drug-likeness (QED) is 0.412. The molecular formula is C21H25N5O6. The number of benzene rings is 2. The molecule has 1 aromatic heterocycles. The van der Waals surface area contributed by atoms with E-state index >= 15 is 0 Å². The van der Waals surface area contributed by atoms with Crippen molar-refractivity contribution in [2.45, 2.75) is 21.3 Å². The van der Waals surface area contributed by atoms with Gasteiger partial charge in [0, 0.05) is 42.9 Å². The molecule has 0 fully saturated rings. The molecule has 0 spiro atoms. The summed E-state index contributed by atoms with van der Waals surface area (Å²) in [6.07, 6.45) is 4.97. The third-order valence-electron chi connectivity index (χ3n) is 4.36. The van der Waals surface area contributed by atoms with E-state index in [0.717, 1.165) is 17.0 Å². The van der Waals surface area contributed by atoms with Crippen LogP contribution in [-0.4, -0.2) is 38.7 Å². The molecule has 0 saturated carbocycles. The summed E-state index contributed by atoms with van der Waals surface area (Å²) >= 11 is 0. The van der Waals surface area contributed by atoms with Gasteiger partial charge >= 0.3 is 0 Å². The molecule has 0 unspecified atom stereocenters. The van der Waals surface area contributed by atoms with Crippen molar-refractivity contribution in [3.63, 3.8) is 0 Å². The third-order valence-corrected chi connectivity index (χ3v) is 4.36. The number of aryl methyl sites for hydroxylation is 2. The van der Waals surface area contributed by atoms with Crippen LogP contribution in [0, 0.1) is 44.2 Å². The summed E-state index contributed by atoms with van der Waals surface area (Å²) in [7, 11) is 3.56. The molecule has 32 heavy (non-hydrogen) atoms. The number of aromatic amines is 1. The Balaban J connectivity index is 0.000000324. The maximum Gasteiger partial charge on any atom is 0.283 e. The van der Waals surface area contributed by atoms with E-state index in [9.17, 15) is 30.3 Å². The maximum absolute atomic E-state index is 10.9. The number of hydrogen-bond acceptors (Lipinski definition) is 7. The van der Waals surface area contributed by atoms with E-state index in [1.807, 2.05) is 12.1 Å². The van der Waals surface area contributed by atoms with Crippen molar-refractivity contribution in [3.05, 3.63) is 89.8 Å². The van der Waals surface area contributed by atoms with Crippen LogP contribution < -0.4 is 0 Å². The minimum atomic E-state index is -0.623. The summed E-state index contributed by atoms with van der Waals surface area (Å²) in [4.78, 5) is 35.2. The summed E-state index contributed by atoms with van der Waals surface area (Å²) < 4.78 is 0. The molecule has 0 atom stereocenters. The molecule has 11 heteroatoms. The van der Waals surface area contributed by atoms with Crippen molar-refractivity contribution in [3.8, 4) is 0 Å². The van der Waals surface area contributed by atoms with Crippen LogP contribution in [-0.2, 0) is 0 Å². The van der Waals surface area contributed by atoms with E-state index in [2.05, 4.69) is 4.98 Å². The van der Waals surface area contributed by atoms with Crippen LogP contribution in [0.15, 0.2) is 42.7 Å². The van der Waals surface area contributed by atoms with Crippen LogP contribution in [0.2, 0.25) is 0 Å². The number of fused-ring (bicyclic) bond motifs is 1. The number of nitro groups is 3. The summed E-state index contributed by atoms with van der Waals surface area (Å²) in [5, 5.41) is 33.2. The monoisotopic (exact) mass is 443 g/mol. The number of nitro benzene ring substituents is 3. The topological polar surface area (TPSA) is 148 Å². The van der Waals surface area contributed by atoms with E-state index in [1.165, 1.54) is 6.07 Å². The molecule has 0 radical (unpaired) electrons. The Bertz CT molecular complexity index is 1180. The van der Waals surface area contributed by atoms with Gasteiger partial charge in [0.05, 0.1) is 31.9 Å². The maximum atomic E-state index is 10.9. The highest BCUT2D eigenvalue weighted by molar-refractivity contribution is 5.83. The Morgan fingerprint density at radius 3 is 1.91 bits per heavy atom. The lowest BCUT2D eigenvalue weighted by molar-refractivity contribution is -0.394. The first kappa shape index (κ1) is 25.8. The van der Waals surface area contributed by atoms with Gasteiger partial charge in [-0.2, -0.15) is 0 Å². The normalized spacial score (nSPS) is 10.2. The Hall–Kier alpha value is -4.28. The van der Waals surface area contributed by atoms with Crippen molar-refractivity contribution in [2.75, 3.05) is 14.1 Å². The van der Waals surface area contributed by atoms with E-state index in [1.54, 1.807) is 57.4 Å². The third kappa shape index (κ3) is 6.11. The molecule has 0 aliphatic carbocycles. The van der Waals surface area contributed by atoms with Crippen LogP contribution in [0.1, 0.15) is 24.1 Å². The zero-order chi connectivity index (χ0) is 23.3. The highest BCUT2D eigenvalue weighted by Gasteiger charge is 2.21. The molecule has 0 aliphatic heterocycles. The Morgan fingerprint density at radius 1 is 0.844 bits per heavy atom. The SMILES string of the molecule is C.Cc1cc(/C=C/N(C)C)c([N+](=O)[O-])cc1[N+](=O)[O-].Cc1cc2cc[nH]c2cc1[N+](=O)[O-]. The van der Waals surface area contributed by atoms with Gasteiger partial charge in [0.1, 0.15) is 0 Å². The first-order chi connectivity index (χ1) is 14.5. The van der Waals surface area contributed by atoms with Gasteiger partial charge in [0.25, 0.3) is 17.1 Å². The standard InChI is InChI=1S/C11H13N3O4.C9H8N2O2.CH4/c1-8-6-9(4-5-12(2)3)11(14(17)18)7-10(8)13(15)16;1-6-4-7-2-3-10-8(7)5-9(6)11(12)13;/h4-7H,1-3H3;2-5,10H,1H3;1H4/b5-4+;;. The first-order valence-corrected chi connectivity index (χ1v) is 9.01. The molecule has 170 valence electrons. The van der Waals surface area contributed by atoms with Gasteiger partial charge in [0.2, 0.25) is 0 Å². The van der Waals surface area contributed by atoms with Gasteiger partial charge in [-0.3, -0.25) is 30.3 Å². The van der Waals surface area contributed by atoms with Crippen LogP contribution in [0.25, 0.3) is 17.0 Å². The van der Waals surface area contributed by atoms with E-state index in [-0.39, 0.29) is 29.4 Å². The average molecular weight is 443 g/mol. The zero-order valence-corrected chi connectivity index (χ0v) is 17.4. The molecule has 0 aliphatic rings. The Labute approximate surface area is 184 Å². The molecule has 0 amide bonds. The number of nitrogens with one attached hydrogen (secondary N) is 1. The molecular weight excluding hydrogens is 418 g/mol. The fraction of sp³-hybridized carbons (Fsp3) is 0.238. The largest absolute Gasteiger partial charge is 0.383 e. The smallest absolute Gasteiger partial charge is 0.283 e. The van der Waals surface area contributed by atoms with Crippen LogP contribution in [0.5, 0.6) is 0 Å². The lowest BCUT2D eigenvalue weighted by atomic mass is 10.1. The van der Waals surface area contributed by atoms with Crippen molar-refractivity contribution in [1.29, 1.82) is 0 Å². The lowest BCUT2D eigenvalue weighted by Gasteiger charge is -2.05. The minimum absolute atomic E-state index is 0. The summed E-state index contributed by atoms with van der Waals surface area (Å²) in [6, 6.07) is 7.70. The van der Waals surface area contributed by atoms with Crippen molar-refractivity contribution >= 4 is 34.0 Å². The van der Waals surface area contributed by atoms with Gasteiger partial charge in [-0.25, -0.2) is 0 Å². The second-order valence-corrected chi connectivity index (χ2v) is 6.95. The van der Waals surface area contributed by atoms with Crippen molar-refractivity contribution in [2.24, 2.45) is 0 Å². The van der Waals surface area contributed by atoms with Crippen molar-refractivity contribution < 1.29 is 14.8 Å². The minimum Gasteiger partial charge on any atom is -0.383 e. The zero-order valence-electron chi connectivity index (χ0n) is 17.4.